The van der Waals surface area contributed by atoms with Crippen LogP contribution < -0.4 is 15.4 Å². The van der Waals surface area contributed by atoms with E-state index in [9.17, 15) is 4.79 Å². The predicted molar refractivity (Wildman–Crippen MR) is 108 cm³/mol. The van der Waals surface area contributed by atoms with Gasteiger partial charge in [-0.05, 0) is 66.9 Å². The van der Waals surface area contributed by atoms with E-state index in [1.54, 1.807) is 25.4 Å². The second-order valence-corrected chi connectivity index (χ2v) is 6.46. The SMILES string of the molecule is COc1ccc(CNc2ccc(C(=O)Nc3cc(C)cc(C)c3)cn2)cc1. The van der Waals surface area contributed by atoms with Crippen LogP contribution in [0.2, 0.25) is 0 Å². The van der Waals surface area contributed by atoms with Crippen molar-refractivity contribution in [2.75, 3.05) is 17.7 Å². The van der Waals surface area contributed by atoms with Crippen molar-refractivity contribution >= 4 is 17.4 Å². The molecule has 0 saturated carbocycles. The van der Waals surface area contributed by atoms with Gasteiger partial charge in [-0.3, -0.25) is 4.79 Å². The third kappa shape index (κ3) is 5.07. The molecular weight excluding hydrogens is 338 g/mol. The summed E-state index contributed by atoms with van der Waals surface area (Å²) >= 11 is 0. The molecule has 138 valence electrons. The van der Waals surface area contributed by atoms with Crippen LogP contribution in [-0.2, 0) is 6.54 Å². The first kappa shape index (κ1) is 18.5. The molecule has 0 saturated heterocycles. The molecule has 5 nitrogen and oxygen atoms in total. The summed E-state index contributed by atoms with van der Waals surface area (Å²) in [4.78, 5) is 16.7. The molecule has 0 radical (unpaired) electrons. The number of ether oxygens (including phenoxy) is 1. The zero-order chi connectivity index (χ0) is 19.2. The van der Waals surface area contributed by atoms with Crippen LogP contribution in [0.4, 0.5) is 11.5 Å². The Morgan fingerprint density at radius 1 is 1.00 bits per heavy atom. The molecular formula is C22H23N3O2. The van der Waals surface area contributed by atoms with Crippen molar-refractivity contribution in [3.63, 3.8) is 0 Å². The third-order valence-corrected chi connectivity index (χ3v) is 4.14. The first-order valence-electron chi connectivity index (χ1n) is 8.76. The molecule has 3 aromatic rings. The number of hydrogen-bond donors (Lipinski definition) is 2. The number of amides is 1. The highest BCUT2D eigenvalue weighted by molar-refractivity contribution is 6.04. The molecule has 0 aliphatic heterocycles. The van der Waals surface area contributed by atoms with Crippen molar-refractivity contribution in [2.45, 2.75) is 20.4 Å². The van der Waals surface area contributed by atoms with Crippen molar-refractivity contribution < 1.29 is 9.53 Å². The molecule has 1 aromatic heterocycles. The van der Waals surface area contributed by atoms with E-state index in [-0.39, 0.29) is 5.91 Å². The Morgan fingerprint density at radius 3 is 2.30 bits per heavy atom. The lowest BCUT2D eigenvalue weighted by Gasteiger charge is -2.09. The Kier molecular flexibility index (Phi) is 5.71. The summed E-state index contributed by atoms with van der Waals surface area (Å²) in [5.74, 6) is 1.37. The Morgan fingerprint density at radius 2 is 1.70 bits per heavy atom. The highest BCUT2D eigenvalue weighted by atomic mass is 16.5. The Hall–Kier alpha value is -3.34. The van der Waals surface area contributed by atoms with Gasteiger partial charge >= 0.3 is 0 Å². The van der Waals surface area contributed by atoms with E-state index in [1.807, 2.05) is 50.2 Å². The summed E-state index contributed by atoms with van der Waals surface area (Å²) < 4.78 is 5.15. The molecule has 2 aromatic carbocycles. The van der Waals surface area contributed by atoms with Crippen LogP contribution >= 0.6 is 0 Å². The highest BCUT2D eigenvalue weighted by Crippen LogP contribution is 2.16. The van der Waals surface area contributed by atoms with Gasteiger partial charge in [0.25, 0.3) is 5.91 Å². The normalized spacial score (nSPS) is 10.3. The van der Waals surface area contributed by atoms with Crippen LogP contribution in [0.5, 0.6) is 5.75 Å². The van der Waals surface area contributed by atoms with Crippen molar-refractivity contribution in [3.05, 3.63) is 83.0 Å². The summed E-state index contributed by atoms with van der Waals surface area (Å²) in [6.45, 7) is 4.66. The zero-order valence-corrected chi connectivity index (χ0v) is 15.7. The lowest BCUT2D eigenvalue weighted by Crippen LogP contribution is -2.12. The first-order valence-corrected chi connectivity index (χ1v) is 8.76. The Labute approximate surface area is 159 Å². The quantitative estimate of drug-likeness (QED) is 0.675. The largest absolute Gasteiger partial charge is 0.497 e. The van der Waals surface area contributed by atoms with E-state index in [1.165, 1.54) is 0 Å². The topological polar surface area (TPSA) is 63.2 Å². The molecule has 0 unspecified atom stereocenters. The number of nitrogens with zero attached hydrogens (tertiary/aromatic N) is 1. The minimum Gasteiger partial charge on any atom is -0.497 e. The van der Waals surface area contributed by atoms with Crippen molar-refractivity contribution in [3.8, 4) is 5.75 Å². The number of rotatable bonds is 6. The summed E-state index contributed by atoms with van der Waals surface area (Å²) in [6, 6.07) is 17.4. The van der Waals surface area contributed by atoms with Crippen molar-refractivity contribution in [1.29, 1.82) is 0 Å². The number of methoxy groups -OCH3 is 1. The summed E-state index contributed by atoms with van der Waals surface area (Å²) in [5.41, 5.74) is 4.65. The lowest BCUT2D eigenvalue weighted by atomic mass is 10.1. The number of carbonyl (C=O) groups is 1. The third-order valence-electron chi connectivity index (χ3n) is 4.14. The molecule has 0 atom stereocenters. The fourth-order valence-electron chi connectivity index (χ4n) is 2.82. The number of anilines is 2. The minimum absolute atomic E-state index is 0.172. The van der Waals surface area contributed by atoms with Gasteiger partial charge in [0.2, 0.25) is 0 Å². The molecule has 0 aliphatic carbocycles. The molecule has 3 rings (SSSR count). The number of carbonyl (C=O) groups excluding carboxylic acids is 1. The van der Waals surface area contributed by atoms with Gasteiger partial charge < -0.3 is 15.4 Å². The van der Waals surface area contributed by atoms with Crippen LogP contribution in [0.3, 0.4) is 0 Å². The van der Waals surface area contributed by atoms with E-state index in [2.05, 4.69) is 21.7 Å². The van der Waals surface area contributed by atoms with E-state index in [0.29, 0.717) is 17.9 Å². The first-order chi connectivity index (χ1) is 13.0. The molecule has 0 bridgehead atoms. The fourth-order valence-corrected chi connectivity index (χ4v) is 2.82. The average Bonchev–Trinajstić information content (AvgIpc) is 2.66. The van der Waals surface area contributed by atoms with E-state index in [4.69, 9.17) is 4.74 Å². The minimum atomic E-state index is -0.172. The van der Waals surface area contributed by atoms with Gasteiger partial charge in [0.1, 0.15) is 11.6 Å². The number of nitrogens with one attached hydrogen (secondary N) is 2. The van der Waals surface area contributed by atoms with E-state index >= 15 is 0 Å². The second-order valence-electron chi connectivity index (χ2n) is 6.46. The molecule has 0 fully saturated rings. The maximum atomic E-state index is 12.4. The Bertz CT molecular complexity index is 899. The van der Waals surface area contributed by atoms with Gasteiger partial charge in [0, 0.05) is 18.4 Å². The fraction of sp³-hybridized carbons (Fsp3) is 0.182. The maximum Gasteiger partial charge on any atom is 0.257 e. The maximum absolute atomic E-state index is 12.4. The van der Waals surface area contributed by atoms with Crippen LogP contribution in [0.1, 0.15) is 27.0 Å². The molecule has 2 N–H and O–H groups in total. The Balaban J connectivity index is 1.59. The van der Waals surface area contributed by atoms with Gasteiger partial charge in [-0.1, -0.05) is 18.2 Å². The van der Waals surface area contributed by atoms with Crippen LogP contribution in [0.25, 0.3) is 0 Å². The molecule has 0 spiro atoms. The number of aryl methyl sites for hydroxylation is 2. The number of aromatic nitrogens is 1. The number of pyridine rings is 1. The summed E-state index contributed by atoms with van der Waals surface area (Å²) in [7, 11) is 1.65. The summed E-state index contributed by atoms with van der Waals surface area (Å²) in [6.07, 6.45) is 1.58. The van der Waals surface area contributed by atoms with E-state index in [0.717, 1.165) is 28.1 Å². The summed E-state index contributed by atoms with van der Waals surface area (Å²) in [5, 5.41) is 6.16. The van der Waals surface area contributed by atoms with Crippen LogP contribution in [-0.4, -0.2) is 18.0 Å². The predicted octanol–water partition coefficient (Wildman–Crippen LogP) is 4.57. The van der Waals surface area contributed by atoms with Crippen LogP contribution in [0.15, 0.2) is 60.8 Å². The monoisotopic (exact) mass is 361 g/mol. The van der Waals surface area contributed by atoms with Gasteiger partial charge in [0.05, 0.1) is 12.7 Å². The van der Waals surface area contributed by atoms with E-state index < -0.39 is 0 Å². The lowest BCUT2D eigenvalue weighted by molar-refractivity contribution is 0.102. The van der Waals surface area contributed by atoms with Gasteiger partial charge in [-0.15, -0.1) is 0 Å². The van der Waals surface area contributed by atoms with Gasteiger partial charge in [-0.2, -0.15) is 0 Å². The average molecular weight is 361 g/mol. The smallest absolute Gasteiger partial charge is 0.257 e. The molecule has 5 heteroatoms. The molecule has 1 heterocycles. The second kappa shape index (κ2) is 8.36. The number of benzene rings is 2. The molecule has 0 aliphatic rings. The molecule has 1 amide bonds. The molecule has 27 heavy (non-hydrogen) atoms. The van der Waals surface area contributed by atoms with Gasteiger partial charge in [0.15, 0.2) is 0 Å². The van der Waals surface area contributed by atoms with Gasteiger partial charge in [-0.25, -0.2) is 4.98 Å². The zero-order valence-electron chi connectivity index (χ0n) is 15.7. The number of hydrogen-bond acceptors (Lipinski definition) is 4. The van der Waals surface area contributed by atoms with Crippen LogP contribution in [0, 0.1) is 13.8 Å². The van der Waals surface area contributed by atoms with Crippen molar-refractivity contribution in [2.24, 2.45) is 0 Å². The highest BCUT2D eigenvalue weighted by Gasteiger charge is 2.07. The van der Waals surface area contributed by atoms with Crippen molar-refractivity contribution in [1.82, 2.24) is 4.98 Å². The standard InChI is InChI=1S/C22H23N3O2/c1-15-10-16(2)12-19(11-15)25-22(26)18-6-9-21(24-14-18)23-13-17-4-7-20(27-3)8-5-17/h4-12,14H,13H2,1-3H3,(H,23,24)(H,25,26).